The third-order valence-electron chi connectivity index (χ3n) is 2.23. The van der Waals surface area contributed by atoms with Crippen LogP contribution in [-0.2, 0) is 0 Å². The first kappa shape index (κ1) is 11.9. The summed E-state index contributed by atoms with van der Waals surface area (Å²) in [7, 11) is 0. The Labute approximate surface area is 102 Å². The Kier molecular flexibility index (Phi) is 3.11. The zero-order chi connectivity index (χ0) is 13.1. The molecule has 0 saturated heterocycles. The summed E-state index contributed by atoms with van der Waals surface area (Å²) in [6.07, 6.45) is 1.46. The van der Waals surface area contributed by atoms with Crippen molar-refractivity contribution in [1.29, 1.82) is 0 Å². The van der Waals surface area contributed by atoms with E-state index in [4.69, 9.17) is 11.5 Å². The lowest BCUT2D eigenvalue weighted by Gasteiger charge is -2.00. The molecule has 4 N–H and O–H groups in total. The normalized spacial score (nSPS) is 9.67. The van der Waals surface area contributed by atoms with Gasteiger partial charge in [0.1, 0.15) is 11.6 Å². The van der Waals surface area contributed by atoms with Gasteiger partial charge in [-0.2, -0.15) is 0 Å². The number of hydrogen-bond donors (Lipinski definition) is 2. The minimum absolute atomic E-state index is 0.144. The van der Waals surface area contributed by atoms with E-state index in [-0.39, 0.29) is 17.1 Å². The van der Waals surface area contributed by atoms with E-state index in [1.54, 1.807) is 6.07 Å². The van der Waals surface area contributed by atoms with Crippen molar-refractivity contribution < 1.29 is 8.78 Å². The zero-order valence-electron chi connectivity index (χ0n) is 9.24. The first-order valence-corrected chi connectivity index (χ1v) is 5.05. The second-order valence-corrected chi connectivity index (χ2v) is 3.54. The van der Waals surface area contributed by atoms with Gasteiger partial charge in [0, 0.05) is 11.8 Å². The summed E-state index contributed by atoms with van der Waals surface area (Å²) in [4.78, 5) is 3.79. The first-order valence-electron chi connectivity index (χ1n) is 5.05. The highest BCUT2D eigenvalue weighted by molar-refractivity contribution is 5.52. The molecule has 0 unspecified atom stereocenters. The van der Waals surface area contributed by atoms with Crippen molar-refractivity contribution >= 4 is 11.5 Å². The number of nitrogens with zero attached hydrogens (tertiary/aromatic N) is 1. The van der Waals surface area contributed by atoms with Crippen LogP contribution in [0.2, 0.25) is 0 Å². The van der Waals surface area contributed by atoms with Gasteiger partial charge in [-0.3, -0.25) is 0 Å². The van der Waals surface area contributed by atoms with Crippen LogP contribution in [0.25, 0.3) is 0 Å². The Bertz CT molecular complexity index is 657. The Hall–Kier alpha value is -2.61. The molecule has 18 heavy (non-hydrogen) atoms. The summed E-state index contributed by atoms with van der Waals surface area (Å²) >= 11 is 0. The third kappa shape index (κ3) is 2.38. The van der Waals surface area contributed by atoms with E-state index in [2.05, 4.69) is 16.8 Å². The second kappa shape index (κ2) is 4.72. The maximum Gasteiger partial charge on any atom is 0.164 e. The highest BCUT2D eigenvalue weighted by Gasteiger charge is 2.09. The molecule has 0 radical (unpaired) electrons. The maximum absolute atomic E-state index is 13.5. The van der Waals surface area contributed by atoms with Crippen LogP contribution in [0.1, 0.15) is 11.1 Å². The van der Waals surface area contributed by atoms with Gasteiger partial charge >= 0.3 is 0 Å². The van der Waals surface area contributed by atoms with E-state index >= 15 is 0 Å². The highest BCUT2D eigenvalue weighted by atomic mass is 19.1. The van der Waals surface area contributed by atoms with Crippen molar-refractivity contribution in [3.63, 3.8) is 0 Å². The Morgan fingerprint density at radius 3 is 2.56 bits per heavy atom. The number of nitrogens with two attached hydrogens (primary N) is 2. The number of hydrogen-bond acceptors (Lipinski definition) is 3. The predicted octanol–water partition coefficient (Wildman–Crippen LogP) is 1.92. The topological polar surface area (TPSA) is 64.9 Å². The molecule has 0 saturated carbocycles. The molecule has 0 spiro atoms. The van der Waals surface area contributed by atoms with Crippen LogP contribution in [0.5, 0.6) is 0 Å². The molecule has 2 aromatic rings. The fraction of sp³-hybridized carbons (Fsp3) is 0. The number of nitrogen functional groups attached to an aromatic ring is 2. The molecule has 1 aromatic carbocycles. The zero-order valence-corrected chi connectivity index (χ0v) is 9.24. The molecule has 90 valence electrons. The fourth-order valence-electron chi connectivity index (χ4n) is 1.34. The highest BCUT2D eigenvalue weighted by Crippen LogP contribution is 2.17. The van der Waals surface area contributed by atoms with Crippen LogP contribution in [0.4, 0.5) is 20.3 Å². The molecular formula is C13H9F2N3. The van der Waals surface area contributed by atoms with Gasteiger partial charge in [-0.25, -0.2) is 13.8 Å². The molecule has 0 bridgehead atoms. The van der Waals surface area contributed by atoms with Crippen molar-refractivity contribution in [1.82, 2.24) is 4.98 Å². The monoisotopic (exact) mass is 245 g/mol. The largest absolute Gasteiger partial charge is 0.396 e. The number of benzene rings is 1. The molecule has 0 aliphatic rings. The van der Waals surface area contributed by atoms with E-state index in [1.165, 1.54) is 12.3 Å². The second-order valence-electron chi connectivity index (χ2n) is 3.54. The van der Waals surface area contributed by atoms with Crippen LogP contribution in [0.3, 0.4) is 0 Å². The standard InChI is InChI=1S/C13H9F2N3/c14-10-3-4-11(16)13(15)9(10)2-1-8-5-6-18-12(17)7-8/h3-7H,16H2,(H2,17,18). The fourth-order valence-corrected chi connectivity index (χ4v) is 1.34. The predicted molar refractivity (Wildman–Crippen MR) is 65.4 cm³/mol. The molecule has 2 rings (SSSR count). The lowest BCUT2D eigenvalue weighted by molar-refractivity contribution is 0.580. The van der Waals surface area contributed by atoms with Gasteiger partial charge in [0.05, 0.1) is 11.3 Å². The van der Waals surface area contributed by atoms with Gasteiger partial charge < -0.3 is 11.5 Å². The number of halogens is 2. The summed E-state index contributed by atoms with van der Waals surface area (Å²) < 4.78 is 26.9. The van der Waals surface area contributed by atoms with Gasteiger partial charge in [0.25, 0.3) is 0 Å². The molecule has 0 atom stereocenters. The number of aromatic nitrogens is 1. The van der Waals surface area contributed by atoms with E-state index in [0.29, 0.717) is 5.56 Å². The van der Waals surface area contributed by atoms with Crippen LogP contribution in [0, 0.1) is 23.5 Å². The molecule has 1 heterocycles. The van der Waals surface area contributed by atoms with Crippen molar-refractivity contribution in [2.45, 2.75) is 0 Å². The van der Waals surface area contributed by atoms with Gasteiger partial charge in [0.2, 0.25) is 0 Å². The molecule has 1 aromatic heterocycles. The molecule has 0 aliphatic carbocycles. The van der Waals surface area contributed by atoms with E-state index in [1.807, 2.05) is 0 Å². The Morgan fingerprint density at radius 2 is 1.83 bits per heavy atom. The van der Waals surface area contributed by atoms with Crippen LogP contribution < -0.4 is 11.5 Å². The van der Waals surface area contributed by atoms with Crippen molar-refractivity contribution in [2.75, 3.05) is 11.5 Å². The summed E-state index contributed by atoms with van der Waals surface area (Å²) in [6, 6.07) is 5.32. The summed E-state index contributed by atoms with van der Waals surface area (Å²) in [5.41, 5.74) is 10.8. The summed E-state index contributed by atoms with van der Waals surface area (Å²) in [5, 5.41) is 0. The quantitative estimate of drug-likeness (QED) is 0.550. The number of anilines is 2. The Balaban J connectivity index is 2.45. The average Bonchev–Trinajstić information content (AvgIpc) is 2.34. The van der Waals surface area contributed by atoms with Gasteiger partial charge in [-0.05, 0) is 24.3 Å². The van der Waals surface area contributed by atoms with Crippen molar-refractivity contribution in [2.24, 2.45) is 0 Å². The first-order chi connectivity index (χ1) is 8.58. The summed E-state index contributed by atoms with van der Waals surface area (Å²) in [6.45, 7) is 0. The molecule has 0 aliphatic heterocycles. The lowest BCUT2D eigenvalue weighted by atomic mass is 10.1. The molecule has 0 amide bonds. The minimum atomic E-state index is -0.857. The van der Waals surface area contributed by atoms with E-state index in [0.717, 1.165) is 12.1 Å². The number of rotatable bonds is 0. The number of pyridine rings is 1. The van der Waals surface area contributed by atoms with Crippen LogP contribution >= 0.6 is 0 Å². The van der Waals surface area contributed by atoms with E-state index < -0.39 is 11.6 Å². The smallest absolute Gasteiger partial charge is 0.164 e. The molecular weight excluding hydrogens is 236 g/mol. The van der Waals surface area contributed by atoms with Crippen molar-refractivity contribution in [3.05, 3.63) is 53.2 Å². The summed E-state index contributed by atoms with van der Waals surface area (Å²) in [5.74, 6) is 3.68. The van der Waals surface area contributed by atoms with Crippen LogP contribution in [0.15, 0.2) is 30.5 Å². The minimum Gasteiger partial charge on any atom is -0.396 e. The SMILES string of the molecule is Nc1cc(C#Cc2c(F)ccc(N)c2F)ccn1. The molecule has 3 nitrogen and oxygen atoms in total. The van der Waals surface area contributed by atoms with E-state index in [9.17, 15) is 8.78 Å². The van der Waals surface area contributed by atoms with Crippen LogP contribution in [-0.4, -0.2) is 4.98 Å². The lowest BCUT2D eigenvalue weighted by Crippen LogP contribution is -1.97. The molecule has 5 heteroatoms. The van der Waals surface area contributed by atoms with Gasteiger partial charge in [-0.1, -0.05) is 11.8 Å². The van der Waals surface area contributed by atoms with Crippen molar-refractivity contribution in [3.8, 4) is 11.8 Å². The Morgan fingerprint density at radius 1 is 1.06 bits per heavy atom. The average molecular weight is 245 g/mol. The van der Waals surface area contributed by atoms with Gasteiger partial charge in [-0.15, -0.1) is 0 Å². The van der Waals surface area contributed by atoms with Gasteiger partial charge in [0.15, 0.2) is 5.82 Å². The maximum atomic E-state index is 13.5. The molecule has 0 fully saturated rings. The third-order valence-corrected chi connectivity index (χ3v) is 2.23.